The molecule has 8 heavy (non-hydrogen) atoms. The summed E-state index contributed by atoms with van der Waals surface area (Å²) in [7, 11) is -3.02. The highest BCUT2D eigenvalue weighted by Crippen LogP contribution is 1.78. The number of methoxy groups -OCH3 is 1. The number of hydrogen-bond donors (Lipinski definition) is 1. The SMILES string of the molecule is COC=NS(=O)(=O)O. The van der Waals surface area contributed by atoms with E-state index in [9.17, 15) is 8.42 Å². The van der Waals surface area contributed by atoms with E-state index in [2.05, 4.69) is 9.13 Å². The van der Waals surface area contributed by atoms with Crippen molar-refractivity contribution in [1.29, 1.82) is 0 Å². The van der Waals surface area contributed by atoms with Gasteiger partial charge in [-0.2, -0.15) is 8.42 Å². The van der Waals surface area contributed by atoms with Crippen LogP contribution in [0, 0.1) is 0 Å². The van der Waals surface area contributed by atoms with Crippen LogP contribution in [0.4, 0.5) is 0 Å². The van der Waals surface area contributed by atoms with Crippen molar-refractivity contribution in [2.24, 2.45) is 4.40 Å². The van der Waals surface area contributed by atoms with E-state index >= 15 is 0 Å². The van der Waals surface area contributed by atoms with Crippen LogP contribution in [0.15, 0.2) is 4.40 Å². The molecule has 0 aromatic rings. The molecule has 1 N–H and O–H groups in total. The van der Waals surface area contributed by atoms with Gasteiger partial charge in [-0.05, 0) is 0 Å². The van der Waals surface area contributed by atoms with Crippen LogP contribution in [0.2, 0.25) is 0 Å². The highest BCUT2D eigenvalue weighted by Gasteiger charge is 1.93. The van der Waals surface area contributed by atoms with E-state index in [4.69, 9.17) is 4.55 Å². The lowest BCUT2D eigenvalue weighted by atomic mass is 11.5. The van der Waals surface area contributed by atoms with Gasteiger partial charge in [-0.3, -0.25) is 4.55 Å². The van der Waals surface area contributed by atoms with Gasteiger partial charge in [0.15, 0.2) is 6.40 Å². The van der Waals surface area contributed by atoms with E-state index in [0.717, 1.165) is 0 Å². The monoisotopic (exact) mass is 139 g/mol. The average Bonchev–Trinajstić information content (AvgIpc) is 1.59. The van der Waals surface area contributed by atoms with Crippen LogP contribution in [0.25, 0.3) is 0 Å². The summed E-state index contributed by atoms with van der Waals surface area (Å²) in [6.45, 7) is 0. The van der Waals surface area contributed by atoms with E-state index < -0.39 is 10.3 Å². The number of nitrogens with zero attached hydrogens (tertiary/aromatic N) is 1. The van der Waals surface area contributed by atoms with Crippen molar-refractivity contribution in [2.75, 3.05) is 7.11 Å². The van der Waals surface area contributed by atoms with Crippen molar-refractivity contribution in [1.82, 2.24) is 0 Å². The molecule has 0 heterocycles. The first-order chi connectivity index (χ1) is 3.56. The molecule has 5 nitrogen and oxygen atoms in total. The largest absolute Gasteiger partial charge is 0.486 e. The van der Waals surface area contributed by atoms with E-state index in [1.165, 1.54) is 7.11 Å². The lowest BCUT2D eigenvalue weighted by Crippen LogP contribution is -1.91. The second-order valence-corrected chi connectivity index (χ2v) is 2.00. The van der Waals surface area contributed by atoms with Crippen LogP contribution in [0.1, 0.15) is 0 Å². The van der Waals surface area contributed by atoms with Crippen LogP contribution in [0.5, 0.6) is 0 Å². The van der Waals surface area contributed by atoms with Gasteiger partial charge in [0, 0.05) is 0 Å². The first kappa shape index (κ1) is 7.38. The van der Waals surface area contributed by atoms with Crippen molar-refractivity contribution in [3.05, 3.63) is 0 Å². The van der Waals surface area contributed by atoms with Crippen molar-refractivity contribution < 1.29 is 17.7 Å². The third-order valence-electron chi connectivity index (χ3n) is 0.282. The summed E-state index contributed by atoms with van der Waals surface area (Å²) in [5.74, 6) is 0. The van der Waals surface area contributed by atoms with Crippen molar-refractivity contribution in [3.8, 4) is 0 Å². The van der Waals surface area contributed by atoms with E-state index in [1.807, 2.05) is 0 Å². The molecule has 0 aliphatic heterocycles. The molecule has 0 amide bonds. The van der Waals surface area contributed by atoms with Crippen LogP contribution in [0.3, 0.4) is 0 Å². The highest BCUT2D eigenvalue weighted by molar-refractivity contribution is 7.84. The Balaban J connectivity index is 3.92. The van der Waals surface area contributed by atoms with Gasteiger partial charge in [0.2, 0.25) is 0 Å². The van der Waals surface area contributed by atoms with Crippen LogP contribution < -0.4 is 0 Å². The molecule has 0 aliphatic rings. The molecule has 6 heteroatoms. The molecule has 0 aliphatic carbocycles. The quantitative estimate of drug-likeness (QED) is 0.317. The highest BCUT2D eigenvalue weighted by atomic mass is 32.2. The Kier molecular flexibility index (Phi) is 2.43. The zero-order valence-electron chi connectivity index (χ0n) is 4.10. The average molecular weight is 139 g/mol. The molecular formula is C2H5NO4S. The minimum absolute atomic E-state index is 0.620. The Morgan fingerprint density at radius 3 is 2.38 bits per heavy atom. The van der Waals surface area contributed by atoms with E-state index in [-0.39, 0.29) is 0 Å². The van der Waals surface area contributed by atoms with Gasteiger partial charge in [-0.1, -0.05) is 0 Å². The zero-order valence-corrected chi connectivity index (χ0v) is 4.92. The second kappa shape index (κ2) is 2.63. The summed E-state index contributed by atoms with van der Waals surface area (Å²) in [5.41, 5.74) is 0. The van der Waals surface area contributed by atoms with Gasteiger partial charge in [-0.15, -0.1) is 4.40 Å². The molecule has 0 atom stereocenters. The second-order valence-electron chi connectivity index (χ2n) is 0.894. The van der Waals surface area contributed by atoms with Gasteiger partial charge in [-0.25, -0.2) is 0 Å². The summed E-state index contributed by atoms with van der Waals surface area (Å²) in [6.07, 6.45) is 0.620. The topological polar surface area (TPSA) is 76.0 Å². The first-order valence-electron chi connectivity index (χ1n) is 1.60. The minimum atomic E-state index is -4.24. The minimum Gasteiger partial charge on any atom is -0.486 e. The summed E-state index contributed by atoms with van der Waals surface area (Å²) >= 11 is 0. The maximum absolute atomic E-state index is 9.67. The van der Waals surface area contributed by atoms with E-state index in [1.54, 1.807) is 0 Å². The summed E-state index contributed by atoms with van der Waals surface area (Å²) < 4.78 is 33.8. The molecule has 0 aromatic carbocycles. The number of rotatable bonds is 2. The van der Waals surface area contributed by atoms with Gasteiger partial charge in [0.25, 0.3) is 0 Å². The molecular weight excluding hydrogens is 134 g/mol. The lowest BCUT2D eigenvalue weighted by Gasteiger charge is -1.82. The lowest BCUT2D eigenvalue weighted by molar-refractivity contribution is 0.421. The molecule has 0 radical (unpaired) electrons. The van der Waals surface area contributed by atoms with E-state index in [0.29, 0.717) is 6.40 Å². The van der Waals surface area contributed by atoms with Crippen LogP contribution >= 0.6 is 0 Å². The van der Waals surface area contributed by atoms with Gasteiger partial charge >= 0.3 is 10.3 Å². The fourth-order valence-corrected chi connectivity index (χ4v) is 0.292. The van der Waals surface area contributed by atoms with Crippen molar-refractivity contribution >= 4 is 16.7 Å². The Hall–Kier alpha value is -0.620. The Bertz CT molecular complexity index is 168. The number of ether oxygens (including phenoxy) is 1. The molecule has 0 unspecified atom stereocenters. The fraction of sp³-hybridized carbons (Fsp3) is 0.500. The summed E-state index contributed by atoms with van der Waals surface area (Å²) in [4.78, 5) is 0. The predicted octanol–water partition coefficient (Wildman–Crippen LogP) is -0.536. The molecule has 0 aromatic heterocycles. The standard InChI is InChI=1S/C2H5NO4S/c1-7-2-3-8(4,5)6/h2H,1H3,(H,4,5,6). The van der Waals surface area contributed by atoms with Gasteiger partial charge < -0.3 is 4.74 Å². The third kappa shape index (κ3) is 5.38. The smallest absolute Gasteiger partial charge is 0.381 e. The predicted molar refractivity (Wildman–Crippen MR) is 27.0 cm³/mol. The normalized spacial score (nSPS) is 12.2. The summed E-state index contributed by atoms with van der Waals surface area (Å²) in [6, 6.07) is 0. The Morgan fingerprint density at radius 2 is 2.25 bits per heavy atom. The molecule has 0 rings (SSSR count). The maximum Gasteiger partial charge on any atom is 0.381 e. The van der Waals surface area contributed by atoms with Gasteiger partial charge in [0.05, 0.1) is 7.11 Å². The molecule has 0 bridgehead atoms. The molecule has 0 saturated heterocycles. The molecule has 0 spiro atoms. The fourth-order valence-electron chi connectivity index (χ4n) is 0.0974. The van der Waals surface area contributed by atoms with Crippen molar-refractivity contribution in [2.45, 2.75) is 0 Å². The Labute approximate surface area is 46.9 Å². The molecule has 0 saturated carbocycles. The zero-order chi connectivity index (χ0) is 6.62. The third-order valence-corrected chi connectivity index (χ3v) is 0.634. The van der Waals surface area contributed by atoms with Crippen LogP contribution in [-0.2, 0) is 15.0 Å². The first-order valence-corrected chi connectivity index (χ1v) is 3.00. The Morgan fingerprint density at radius 1 is 1.75 bits per heavy atom. The van der Waals surface area contributed by atoms with Crippen LogP contribution in [-0.4, -0.2) is 26.5 Å². The molecule has 0 fully saturated rings. The number of hydrogen-bond acceptors (Lipinski definition) is 3. The van der Waals surface area contributed by atoms with Crippen molar-refractivity contribution in [3.63, 3.8) is 0 Å². The maximum atomic E-state index is 9.67. The van der Waals surface area contributed by atoms with Gasteiger partial charge in [0.1, 0.15) is 0 Å². The molecule has 48 valence electrons. The summed E-state index contributed by atoms with van der Waals surface area (Å²) in [5, 5.41) is 0.